The molecule has 2 heterocycles. The van der Waals surface area contributed by atoms with Gasteiger partial charge in [-0.15, -0.1) is 0 Å². The van der Waals surface area contributed by atoms with E-state index in [-0.39, 0.29) is 41.9 Å². The molecular formula is C28H25F4N7O2. The lowest BCUT2D eigenvalue weighted by atomic mass is 10.1. The fourth-order valence-electron chi connectivity index (χ4n) is 3.42. The molecule has 41 heavy (non-hydrogen) atoms. The topological polar surface area (TPSA) is 141 Å². The first-order valence-corrected chi connectivity index (χ1v) is 12.1. The highest BCUT2D eigenvalue weighted by Crippen LogP contribution is 2.31. The average Bonchev–Trinajstić information content (AvgIpc) is 2.92. The first kappa shape index (κ1) is 29.0. The Balaban J connectivity index is 1.51. The number of benzene rings is 1. The van der Waals surface area contributed by atoms with Gasteiger partial charge < -0.3 is 26.8 Å². The van der Waals surface area contributed by atoms with Gasteiger partial charge in [-0.05, 0) is 49.1 Å². The molecule has 2 aromatic heterocycles. The second-order valence-electron chi connectivity index (χ2n) is 9.69. The number of allylic oxidation sites excluding steroid dienone is 3. The van der Waals surface area contributed by atoms with Crippen LogP contribution >= 0.6 is 0 Å². The molecule has 0 aliphatic heterocycles. The highest BCUT2D eigenvalue weighted by molar-refractivity contribution is 6.00. The van der Waals surface area contributed by atoms with Gasteiger partial charge in [0.25, 0.3) is 11.8 Å². The van der Waals surface area contributed by atoms with Gasteiger partial charge in [0.05, 0.1) is 28.7 Å². The SMILES string of the molecule is CC(C)(N)COc1nc(-c2ccc(CNc3ncc(C(F)(F)F)cc3C(=O)NC3=C=C=C(F)C=C3)cc2)cnc1N. The quantitative estimate of drug-likeness (QED) is 0.216. The van der Waals surface area contributed by atoms with Crippen LogP contribution in [-0.2, 0) is 12.7 Å². The number of amides is 1. The fourth-order valence-corrected chi connectivity index (χ4v) is 3.42. The van der Waals surface area contributed by atoms with E-state index in [2.05, 4.69) is 37.0 Å². The van der Waals surface area contributed by atoms with Crippen LogP contribution in [0.15, 0.2) is 77.9 Å². The molecule has 1 aromatic carbocycles. The van der Waals surface area contributed by atoms with Crippen molar-refractivity contribution >= 4 is 17.5 Å². The number of carbonyl (C=O) groups excluding carboxylic acids is 1. The molecular weight excluding hydrogens is 542 g/mol. The minimum absolute atomic E-state index is 0.0291. The summed E-state index contributed by atoms with van der Waals surface area (Å²) in [5, 5.41) is 5.27. The molecule has 6 N–H and O–H groups in total. The zero-order valence-corrected chi connectivity index (χ0v) is 21.9. The summed E-state index contributed by atoms with van der Waals surface area (Å²) < 4.78 is 58.7. The standard InChI is InChI=1S/C28H25F4N7O2/c1-27(2,34)15-41-26-23(33)35-14-22(39-26)17-5-3-16(4-6-17)12-36-24-21(11-18(13-37-24)28(30,31)32)25(40)38-20-9-7-19(29)8-10-20/h3-7,9,11,13-14H,12,15,34H2,1-2H3,(H2,33,35)(H,36,37)(H,38,40). The van der Waals surface area contributed by atoms with Gasteiger partial charge in [0, 0.05) is 23.8 Å². The summed E-state index contributed by atoms with van der Waals surface area (Å²) in [5.74, 6) is -1.40. The van der Waals surface area contributed by atoms with Crippen molar-refractivity contribution in [2.75, 3.05) is 17.7 Å². The Kier molecular flexibility index (Phi) is 8.25. The zero-order valence-electron chi connectivity index (χ0n) is 21.9. The summed E-state index contributed by atoms with van der Waals surface area (Å²) in [6.45, 7) is 3.90. The number of rotatable bonds is 9. The van der Waals surface area contributed by atoms with E-state index in [4.69, 9.17) is 16.2 Å². The van der Waals surface area contributed by atoms with E-state index in [1.165, 1.54) is 12.3 Å². The highest BCUT2D eigenvalue weighted by atomic mass is 19.4. The molecule has 0 saturated carbocycles. The maximum absolute atomic E-state index is 13.3. The lowest BCUT2D eigenvalue weighted by molar-refractivity contribution is -0.137. The van der Waals surface area contributed by atoms with Gasteiger partial charge in [-0.25, -0.2) is 15.0 Å². The Hall–Kier alpha value is -4.96. The van der Waals surface area contributed by atoms with Crippen LogP contribution in [0.5, 0.6) is 5.88 Å². The molecule has 0 spiro atoms. The van der Waals surface area contributed by atoms with E-state index in [9.17, 15) is 22.4 Å². The normalized spacial score (nSPS) is 13.0. The number of nitrogen functional groups attached to an aromatic ring is 1. The van der Waals surface area contributed by atoms with Gasteiger partial charge in [0.1, 0.15) is 12.4 Å². The number of hydrogen-bond donors (Lipinski definition) is 4. The molecule has 0 saturated heterocycles. The molecule has 1 aliphatic carbocycles. The minimum atomic E-state index is -4.72. The van der Waals surface area contributed by atoms with E-state index < -0.39 is 29.0 Å². The number of nitrogens with one attached hydrogen (secondary N) is 2. The Morgan fingerprint density at radius 1 is 1.07 bits per heavy atom. The summed E-state index contributed by atoms with van der Waals surface area (Å²) in [6, 6.07) is 7.74. The van der Waals surface area contributed by atoms with Crippen molar-refractivity contribution in [3.8, 4) is 17.1 Å². The van der Waals surface area contributed by atoms with Gasteiger partial charge in [-0.2, -0.15) is 17.6 Å². The van der Waals surface area contributed by atoms with E-state index in [1.807, 2.05) is 0 Å². The number of aromatic nitrogens is 3. The number of alkyl halides is 3. The number of pyridine rings is 1. The number of anilines is 2. The van der Waals surface area contributed by atoms with Gasteiger partial charge in [-0.3, -0.25) is 4.79 Å². The van der Waals surface area contributed by atoms with Crippen LogP contribution in [0.3, 0.4) is 0 Å². The van der Waals surface area contributed by atoms with Crippen molar-refractivity contribution in [2.24, 2.45) is 5.73 Å². The molecule has 4 rings (SSSR count). The van der Waals surface area contributed by atoms with Crippen molar-refractivity contribution in [2.45, 2.75) is 32.1 Å². The van der Waals surface area contributed by atoms with Crippen LogP contribution in [0.2, 0.25) is 0 Å². The lowest BCUT2D eigenvalue weighted by Crippen LogP contribution is -2.39. The van der Waals surface area contributed by atoms with Gasteiger partial charge in [0.15, 0.2) is 11.6 Å². The number of ether oxygens (including phenoxy) is 1. The molecule has 0 radical (unpaired) electrons. The lowest BCUT2D eigenvalue weighted by Gasteiger charge is -2.19. The van der Waals surface area contributed by atoms with E-state index in [0.29, 0.717) is 23.5 Å². The van der Waals surface area contributed by atoms with Crippen molar-refractivity contribution < 1.29 is 27.1 Å². The molecule has 0 atom stereocenters. The molecule has 212 valence electrons. The Labute approximate surface area is 232 Å². The van der Waals surface area contributed by atoms with Crippen molar-refractivity contribution in [1.29, 1.82) is 0 Å². The molecule has 1 aliphatic rings. The maximum atomic E-state index is 13.3. The van der Waals surface area contributed by atoms with Crippen LogP contribution in [0.25, 0.3) is 11.3 Å². The van der Waals surface area contributed by atoms with Crippen LogP contribution in [0, 0.1) is 0 Å². The van der Waals surface area contributed by atoms with Gasteiger partial charge >= 0.3 is 6.18 Å². The van der Waals surface area contributed by atoms with Crippen LogP contribution < -0.4 is 26.8 Å². The monoisotopic (exact) mass is 567 g/mol. The summed E-state index contributed by atoms with van der Waals surface area (Å²) >= 11 is 0. The summed E-state index contributed by atoms with van der Waals surface area (Å²) in [7, 11) is 0. The Bertz CT molecular complexity index is 1600. The fraction of sp³-hybridized carbons (Fsp3) is 0.214. The Morgan fingerprint density at radius 3 is 2.44 bits per heavy atom. The number of hydrogen-bond acceptors (Lipinski definition) is 8. The summed E-state index contributed by atoms with van der Waals surface area (Å²) in [4.78, 5) is 25.2. The minimum Gasteiger partial charge on any atom is -0.473 e. The third-order valence-electron chi connectivity index (χ3n) is 5.48. The van der Waals surface area contributed by atoms with E-state index >= 15 is 0 Å². The van der Waals surface area contributed by atoms with Crippen molar-refractivity contribution in [1.82, 2.24) is 20.3 Å². The molecule has 1 amide bonds. The second-order valence-corrected chi connectivity index (χ2v) is 9.69. The number of nitrogens with two attached hydrogens (primary N) is 2. The maximum Gasteiger partial charge on any atom is 0.417 e. The number of halogens is 4. The summed E-state index contributed by atoms with van der Waals surface area (Å²) in [5.41, 5.74) is 16.2. The number of carbonyl (C=O) groups is 1. The third kappa shape index (κ3) is 7.80. The van der Waals surface area contributed by atoms with Crippen LogP contribution in [-0.4, -0.2) is 33.0 Å². The zero-order chi connectivity index (χ0) is 29.8. The van der Waals surface area contributed by atoms with Crippen LogP contribution in [0.1, 0.15) is 35.3 Å². The Morgan fingerprint density at radius 2 is 1.80 bits per heavy atom. The predicted molar refractivity (Wildman–Crippen MR) is 144 cm³/mol. The first-order chi connectivity index (χ1) is 19.3. The molecule has 0 fully saturated rings. The van der Waals surface area contributed by atoms with Gasteiger partial charge in [-0.1, -0.05) is 24.3 Å². The molecule has 0 unspecified atom stereocenters. The van der Waals surface area contributed by atoms with Crippen molar-refractivity contribution in [3.63, 3.8) is 0 Å². The van der Waals surface area contributed by atoms with Crippen LogP contribution in [0.4, 0.5) is 29.2 Å². The molecule has 0 bridgehead atoms. The number of nitrogens with zero attached hydrogens (tertiary/aromatic N) is 3. The first-order valence-electron chi connectivity index (χ1n) is 12.1. The predicted octanol–water partition coefficient (Wildman–Crippen LogP) is 4.66. The van der Waals surface area contributed by atoms with Crippen molar-refractivity contribution in [3.05, 3.63) is 94.6 Å². The third-order valence-corrected chi connectivity index (χ3v) is 5.48. The van der Waals surface area contributed by atoms with E-state index in [0.717, 1.165) is 11.6 Å². The molecule has 3 aromatic rings. The van der Waals surface area contributed by atoms with Gasteiger partial charge in [0.2, 0.25) is 0 Å². The van der Waals surface area contributed by atoms with E-state index in [1.54, 1.807) is 38.1 Å². The smallest absolute Gasteiger partial charge is 0.417 e. The second kappa shape index (κ2) is 11.6. The largest absolute Gasteiger partial charge is 0.473 e. The molecule has 13 heteroatoms. The highest BCUT2D eigenvalue weighted by Gasteiger charge is 2.32. The summed E-state index contributed by atoms with van der Waals surface area (Å²) in [6.07, 6.45) is -0.354. The molecule has 9 nitrogen and oxygen atoms in total. The average molecular weight is 568 g/mol.